The van der Waals surface area contributed by atoms with Crippen molar-refractivity contribution in [2.45, 2.75) is 59.5 Å². The molecule has 0 radical (unpaired) electrons. The van der Waals surface area contributed by atoms with E-state index >= 15 is 0 Å². The number of halogens is 2. The summed E-state index contributed by atoms with van der Waals surface area (Å²) in [6.45, 7) is 10.8. The van der Waals surface area contributed by atoms with E-state index in [0.717, 1.165) is 18.4 Å². The maximum absolute atomic E-state index is 13.3. The number of hydrogen-bond acceptors (Lipinski definition) is 1. The van der Waals surface area contributed by atoms with Gasteiger partial charge in [0, 0.05) is 12.1 Å². The van der Waals surface area contributed by atoms with Crippen LogP contribution < -0.4 is 5.32 Å². The summed E-state index contributed by atoms with van der Waals surface area (Å²) in [5, 5.41) is 3.55. The molecule has 3 heteroatoms. The van der Waals surface area contributed by atoms with Gasteiger partial charge in [0.2, 0.25) is 0 Å². The molecule has 1 unspecified atom stereocenters. The molecule has 114 valence electrons. The molecule has 1 rings (SSSR count). The predicted molar refractivity (Wildman–Crippen MR) is 80.6 cm³/mol. The molecule has 1 aromatic rings. The molecule has 20 heavy (non-hydrogen) atoms. The van der Waals surface area contributed by atoms with Crippen molar-refractivity contribution in [2.75, 3.05) is 0 Å². The van der Waals surface area contributed by atoms with E-state index in [1.165, 1.54) is 12.1 Å². The molecular weight excluding hydrogens is 256 g/mol. The van der Waals surface area contributed by atoms with Gasteiger partial charge in [-0.25, -0.2) is 8.78 Å². The summed E-state index contributed by atoms with van der Waals surface area (Å²) in [6, 6.07) is 4.56. The Morgan fingerprint density at radius 3 is 1.90 bits per heavy atom. The van der Waals surface area contributed by atoms with Gasteiger partial charge in [0.1, 0.15) is 0 Å². The second-order valence-corrected chi connectivity index (χ2v) is 6.52. The van der Waals surface area contributed by atoms with Gasteiger partial charge in [0.25, 0.3) is 0 Å². The Morgan fingerprint density at radius 1 is 0.900 bits per heavy atom. The molecule has 0 aliphatic carbocycles. The first kappa shape index (κ1) is 17.1. The summed E-state index contributed by atoms with van der Waals surface area (Å²) < 4.78 is 26.3. The standard InChI is InChI=1S/C17H27F2N/c1-11(2)8-15(9-12(3)4)20-13(5)14-6-7-16(18)17(19)10-14/h6-7,10-13,15,20H,8-9H2,1-5H3. The lowest BCUT2D eigenvalue weighted by atomic mass is 9.94. The third-order valence-corrected chi connectivity index (χ3v) is 3.44. The molecule has 0 heterocycles. The van der Waals surface area contributed by atoms with Crippen LogP contribution in [0.15, 0.2) is 18.2 Å². The minimum absolute atomic E-state index is 0.0209. The highest BCUT2D eigenvalue weighted by atomic mass is 19.2. The zero-order chi connectivity index (χ0) is 15.3. The maximum atomic E-state index is 13.3. The fraction of sp³-hybridized carbons (Fsp3) is 0.647. The van der Waals surface area contributed by atoms with Crippen LogP contribution >= 0.6 is 0 Å². The molecule has 0 amide bonds. The zero-order valence-corrected chi connectivity index (χ0v) is 13.2. The molecule has 0 spiro atoms. The van der Waals surface area contributed by atoms with Crippen LogP contribution in [0.3, 0.4) is 0 Å². The Labute approximate surface area is 121 Å². The first-order chi connectivity index (χ1) is 9.29. The third kappa shape index (κ3) is 5.58. The highest BCUT2D eigenvalue weighted by Gasteiger charge is 2.17. The number of nitrogens with one attached hydrogen (secondary N) is 1. The van der Waals surface area contributed by atoms with Gasteiger partial charge in [0.05, 0.1) is 0 Å². The average molecular weight is 283 g/mol. The van der Waals surface area contributed by atoms with Gasteiger partial charge in [-0.2, -0.15) is 0 Å². The SMILES string of the molecule is CC(C)CC(CC(C)C)NC(C)c1ccc(F)c(F)c1. The van der Waals surface area contributed by atoms with Crippen LogP contribution in [-0.2, 0) is 0 Å². The van der Waals surface area contributed by atoms with Gasteiger partial charge in [-0.15, -0.1) is 0 Å². The summed E-state index contributed by atoms with van der Waals surface area (Å²) in [5.74, 6) is -0.339. The van der Waals surface area contributed by atoms with Crippen molar-refractivity contribution in [3.05, 3.63) is 35.4 Å². The van der Waals surface area contributed by atoms with E-state index < -0.39 is 11.6 Å². The number of rotatable bonds is 7. The van der Waals surface area contributed by atoms with Gasteiger partial charge in [-0.05, 0) is 49.3 Å². The molecule has 1 nitrogen and oxygen atoms in total. The van der Waals surface area contributed by atoms with E-state index in [4.69, 9.17) is 0 Å². The molecule has 1 aromatic carbocycles. The van der Waals surface area contributed by atoms with Crippen LogP contribution in [0.1, 0.15) is 59.1 Å². The van der Waals surface area contributed by atoms with Crippen LogP contribution in [0.25, 0.3) is 0 Å². The molecule has 0 aromatic heterocycles. The Balaban J connectivity index is 2.73. The molecule has 0 bridgehead atoms. The van der Waals surface area contributed by atoms with E-state index in [1.54, 1.807) is 6.07 Å². The Morgan fingerprint density at radius 2 is 1.45 bits per heavy atom. The number of hydrogen-bond donors (Lipinski definition) is 1. The van der Waals surface area contributed by atoms with Crippen molar-refractivity contribution in [2.24, 2.45) is 11.8 Å². The Hall–Kier alpha value is -0.960. The molecule has 0 aliphatic rings. The van der Waals surface area contributed by atoms with E-state index in [-0.39, 0.29) is 6.04 Å². The van der Waals surface area contributed by atoms with E-state index in [1.807, 2.05) is 6.92 Å². The summed E-state index contributed by atoms with van der Waals surface area (Å²) in [4.78, 5) is 0. The predicted octanol–water partition coefficient (Wildman–Crippen LogP) is 5.08. The van der Waals surface area contributed by atoms with Gasteiger partial charge >= 0.3 is 0 Å². The highest BCUT2D eigenvalue weighted by Crippen LogP contribution is 2.20. The van der Waals surface area contributed by atoms with Crippen molar-refractivity contribution < 1.29 is 8.78 Å². The van der Waals surface area contributed by atoms with Crippen molar-refractivity contribution in [1.29, 1.82) is 0 Å². The van der Waals surface area contributed by atoms with Crippen LogP contribution in [-0.4, -0.2) is 6.04 Å². The smallest absolute Gasteiger partial charge is 0.159 e. The first-order valence-corrected chi connectivity index (χ1v) is 7.50. The topological polar surface area (TPSA) is 12.0 Å². The van der Waals surface area contributed by atoms with Crippen molar-refractivity contribution in [3.63, 3.8) is 0 Å². The van der Waals surface area contributed by atoms with Crippen LogP contribution in [0.5, 0.6) is 0 Å². The lowest BCUT2D eigenvalue weighted by Crippen LogP contribution is -2.34. The van der Waals surface area contributed by atoms with Crippen LogP contribution in [0, 0.1) is 23.5 Å². The molecule has 0 saturated carbocycles. The lowest BCUT2D eigenvalue weighted by Gasteiger charge is -2.26. The fourth-order valence-corrected chi connectivity index (χ4v) is 2.60. The minimum atomic E-state index is -0.790. The van der Waals surface area contributed by atoms with Crippen molar-refractivity contribution in [3.8, 4) is 0 Å². The van der Waals surface area contributed by atoms with Gasteiger partial charge in [-0.3, -0.25) is 0 Å². The van der Waals surface area contributed by atoms with E-state index in [9.17, 15) is 8.78 Å². The molecule has 0 aliphatic heterocycles. The van der Waals surface area contributed by atoms with E-state index in [2.05, 4.69) is 33.0 Å². The Kier molecular flexibility index (Phi) is 6.60. The summed E-state index contributed by atoms with van der Waals surface area (Å²) in [5.41, 5.74) is 0.793. The molecular formula is C17H27F2N. The van der Waals surface area contributed by atoms with Crippen molar-refractivity contribution in [1.82, 2.24) is 5.32 Å². The molecule has 0 fully saturated rings. The van der Waals surface area contributed by atoms with Crippen LogP contribution in [0.2, 0.25) is 0 Å². The third-order valence-electron chi connectivity index (χ3n) is 3.44. The fourth-order valence-electron chi connectivity index (χ4n) is 2.60. The summed E-state index contributed by atoms with van der Waals surface area (Å²) in [6.07, 6.45) is 2.18. The average Bonchev–Trinajstić information content (AvgIpc) is 2.30. The first-order valence-electron chi connectivity index (χ1n) is 7.50. The quantitative estimate of drug-likeness (QED) is 0.736. The second-order valence-electron chi connectivity index (χ2n) is 6.52. The maximum Gasteiger partial charge on any atom is 0.159 e. The van der Waals surface area contributed by atoms with Crippen molar-refractivity contribution >= 4 is 0 Å². The normalized spacial score (nSPS) is 13.5. The Bertz CT molecular complexity index is 405. The molecule has 1 atom stereocenters. The second kappa shape index (κ2) is 7.72. The summed E-state index contributed by atoms with van der Waals surface area (Å²) >= 11 is 0. The largest absolute Gasteiger partial charge is 0.307 e. The lowest BCUT2D eigenvalue weighted by molar-refractivity contribution is 0.334. The van der Waals surface area contributed by atoms with Gasteiger partial charge < -0.3 is 5.32 Å². The highest BCUT2D eigenvalue weighted by molar-refractivity contribution is 5.20. The van der Waals surface area contributed by atoms with Crippen LogP contribution in [0.4, 0.5) is 8.78 Å². The summed E-state index contributed by atoms with van der Waals surface area (Å²) in [7, 11) is 0. The monoisotopic (exact) mass is 283 g/mol. The van der Waals surface area contributed by atoms with Gasteiger partial charge in [-0.1, -0.05) is 33.8 Å². The molecule has 1 N–H and O–H groups in total. The minimum Gasteiger partial charge on any atom is -0.307 e. The zero-order valence-electron chi connectivity index (χ0n) is 13.2. The molecule has 0 saturated heterocycles. The van der Waals surface area contributed by atoms with Gasteiger partial charge in [0.15, 0.2) is 11.6 Å². The number of benzene rings is 1. The van der Waals surface area contributed by atoms with E-state index in [0.29, 0.717) is 17.9 Å².